The number of rotatable bonds is 8. The number of halogens is 2. The maximum absolute atomic E-state index is 11.9. The molecule has 0 saturated carbocycles. The molecule has 0 spiro atoms. The number of hydrogen-bond donors (Lipinski definition) is 3. The maximum Gasteiger partial charge on any atom is 0.221 e. The van der Waals surface area contributed by atoms with Crippen LogP contribution in [0.5, 0.6) is 0 Å². The lowest BCUT2D eigenvalue weighted by molar-refractivity contribution is -0.121. The quantitative estimate of drug-likeness (QED) is 0.636. The highest BCUT2D eigenvalue weighted by Crippen LogP contribution is 2.25. The van der Waals surface area contributed by atoms with Crippen LogP contribution in [-0.4, -0.2) is 44.8 Å². The topological polar surface area (TPSA) is 62.4 Å². The predicted octanol–water partition coefficient (Wildman–Crippen LogP) is 2.46. The van der Waals surface area contributed by atoms with Gasteiger partial charge in [-0.25, -0.2) is 0 Å². The van der Waals surface area contributed by atoms with Gasteiger partial charge in [-0.15, -0.1) is 24.8 Å². The van der Waals surface area contributed by atoms with Crippen molar-refractivity contribution in [2.75, 3.05) is 33.4 Å². The minimum atomic E-state index is -0.0944. The van der Waals surface area contributed by atoms with Crippen molar-refractivity contribution in [1.29, 1.82) is 0 Å². The Morgan fingerprint density at radius 2 is 1.84 bits per heavy atom. The lowest BCUT2D eigenvalue weighted by atomic mass is 9.88. The second-order valence-corrected chi connectivity index (χ2v) is 6.30. The fourth-order valence-corrected chi connectivity index (χ4v) is 3.01. The van der Waals surface area contributed by atoms with Crippen molar-refractivity contribution in [1.82, 2.24) is 16.0 Å². The molecule has 1 aromatic carbocycles. The molecule has 1 atom stereocenters. The lowest BCUT2D eigenvalue weighted by Crippen LogP contribution is -2.57. The molecule has 0 aliphatic carbocycles. The highest BCUT2D eigenvalue weighted by atomic mass is 35.5. The molecule has 0 bridgehead atoms. The van der Waals surface area contributed by atoms with Crippen LogP contribution in [0.2, 0.25) is 0 Å². The summed E-state index contributed by atoms with van der Waals surface area (Å²) in [6.45, 7) is 5.00. The molecule has 1 aliphatic rings. The van der Waals surface area contributed by atoms with E-state index in [9.17, 15) is 4.79 Å². The van der Waals surface area contributed by atoms with E-state index in [1.807, 2.05) is 13.1 Å². The largest absolute Gasteiger partial charge is 0.381 e. The van der Waals surface area contributed by atoms with Crippen molar-refractivity contribution < 1.29 is 9.53 Å². The van der Waals surface area contributed by atoms with Gasteiger partial charge in [0.2, 0.25) is 5.91 Å². The summed E-state index contributed by atoms with van der Waals surface area (Å²) >= 11 is 0. The average Bonchev–Trinajstić information content (AvgIpc) is 2.60. The average molecular weight is 392 g/mol. The smallest absolute Gasteiger partial charge is 0.221 e. The van der Waals surface area contributed by atoms with Crippen LogP contribution in [0, 0.1) is 0 Å². The van der Waals surface area contributed by atoms with Gasteiger partial charge in [0.1, 0.15) is 0 Å². The highest BCUT2D eigenvalue weighted by molar-refractivity contribution is 5.85. The zero-order valence-electron chi connectivity index (χ0n) is 15.0. The molecule has 7 heteroatoms. The Kier molecular flexibility index (Phi) is 12.1. The van der Waals surface area contributed by atoms with Crippen LogP contribution in [0.15, 0.2) is 30.3 Å². The number of carbonyl (C=O) groups excluding carboxylic acids is 1. The molecule has 1 aliphatic heterocycles. The van der Waals surface area contributed by atoms with E-state index in [1.165, 1.54) is 5.56 Å². The standard InChI is InChI=1S/C18H29N3O2.2ClH/c1-15(16-6-4-3-5-7-16)21-18(9-12-23-13-10-18)14-20-17(22)8-11-19-2;;/h3-7,15,19,21H,8-14H2,1-2H3,(H,20,22);2*1H. The summed E-state index contributed by atoms with van der Waals surface area (Å²) < 4.78 is 5.52. The Morgan fingerprint density at radius 3 is 2.44 bits per heavy atom. The van der Waals surface area contributed by atoms with Crippen LogP contribution in [0.25, 0.3) is 0 Å². The van der Waals surface area contributed by atoms with Gasteiger partial charge in [0.25, 0.3) is 0 Å². The number of ether oxygens (including phenoxy) is 1. The first-order valence-electron chi connectivity index (χ1n) is 8.47. The van der Waals surface area contributed by atoms with Gasteiger partial charge in [0, 0.05) is 44.3 Å². The fraction of sp³-hybridized carbons (Fsp3) is 0.611. The summed E-state index contributed by atoms with van der Waals surface area (Å²) in [7, 11) is 1.86. The molecule has 1 aromatic rings. The van der Waals surface area contributed by atoms with Crippen LogP contribution in [-0.2, 0) is 9.53 Å². The summed E-state index contributed by atoms with van der Waals surface area (Å²) in [5, 5.41) is 9.84. The Bertz CT molecular complexity index is 482. The fourth-order valence-electron chi connectivity index (χ4n) is 3.01. The van der Waals surface area contributed by atoms with Crippen LogP contribution in [0.4, 0.5) is 0 Å². The summed E-state index contributed by atoms with van der Waals surface area (Å²) in [6, 6.07) is 10.7. The minimum Gasteiger partial charge on any atom is -0.381 e. The van der Waals surface area contributed by atoms with Gasteiger partial charge in [-0.05, 0) is 32.4 Å². The molecule has 0 radical (unpaired) electrons. The van der Waals surface area contributed by atoms with Gasteiger partial charge in [0.15, 0.2) is 0 Å². The van der Waals surface area contributed by atoms with Crippen molar-refractivity contribution in [3.63, 3.8) is 0 Å². The zero-order valence-corrected chi connectivity index (χ0v) is 16.7. The van der Waals surface area contributed by atoms with E-state index in [-0.39, 0.29) is 42.3 Å². The molecule has 1 heterocycles. The maximum atomic E-state index is 11.9. The van der Waals surface area contributed by atoms with Crippen LogP contribution >= 0.6 is 24.8 Å². The van der Waals surface area contributed by atoms with Gasteiger partial charge in [-0.3, -0.25) is 4.79 Å². The number of hydrogen-bond acceptors (Lipinski definition) is 4. The molecule has 1 unspecified atom stereocenters. The van der Waals surface area contributed by atoms with Crippen molar-refractivity contribution in [2.24, 2.45) is 0 Å². The second-order valence-electron chi connectivity index (χ2n) is 6.30. The predicted molar refractivity (Wildman–Crippen MR) is 107 cm³/mol. The molecular formula is C18H31Cl2N3O2. The highest BCUT2D eigenvalue weighted by Gasteiger charge is 2.34. The van der Waals surface area contributed by atoms with E-state index in [2.05, 4.69) is 47.1 Å². The molecule has 25 heavy (non-hydrogen) atoms. The van der Waals surface area contributed by atoms with Crippen LogP contribution < -0.4 is 16.0 Å². The molecule has 1 saturated heterocycles. The number of carbonyl (C=O) groups is 1. The summed E-state index contributed by atoms with van der Waals surface area (Å²) in [4.78, 5) is 11.9. The molecule has 2 rings (SSSR count). The Morgan fingerprint density at radius 1 is 1.20 bits per heavy atom. The van der Waals surface area contributed by atoms with E-state index in [0.29, 0.717) is 19.5 Å². The van der Waals surface area contributed by atoms with E-state index in [1.54, 1.807) is 0 Å². The number of nitrogens with one attached hydrogen (secondary N) is 3. The molecular weight excluding hydrogens is 361 g/mol. The molecule has 5 nitrogen and oxygen atoms in total. The van der Waals surface area contributed by atoms with Crippen molar-refractivity contribution in [2.45, 2.75) is 37.8 Å². The third kappa shape index (κ3) is 7.92. The summed E-state index contributed by atoms with van der Waals surface area (Å²) in [5.74, 6) is 0.0966. The number of amides is 1. The van der Waals surface area contributed by atoms with Crippen molar-refractivity contribution in [3.05, 3.63) is 35.9 Å². The zero-order chi connectivity index (χ0) is 16.5. The SMILES string of the molecule is CNCCC(=O)NCC1(NC(C)c2ccccc2)CCOCC1.Cl.Cl. The van der Waals surface area contributed by atoms with Crippen LogP contribution in [0.3, 0.4) is 0 Å². The first-order chi connectivity index (χ1) is 11.2. The van der Waals surface area contributed by atoms with Gasteiger partial charge in [0.05, 0.1) is 0 Å². The first kappa shape index (κ1) is 24.1. The van der Waals surface area contributed by atoms with Gasteiger partial charge >= 0.3 is 0 Å². The Balaban J connectivity index is 0.00000288. The Labute approximate surface area is 163 Å². The van der Waals surface area contributed by atoms with E-state index in [4.69, 9.17) is 4.74 Å². The van der Waals surface area contributed by atoms with E-state index in [0.717, 1.165) is 26.1 Å². The summed E-state index contributed by atoms with van der Waals surface area (Å²) in [5.41, 5.74) is 1.17. The summed E-state index contributed by atoms with van der Waals surface area (Å²) in [6.07, 6.45) is 2.34. The van der Waals surface area contributed by atoms with E-state index >= 15 is 0 Å². The first-order valence-corrected chi connectivity index (χ1v) is 8.47. The number of benzene rings is 1. The molecule has 1 fully saturated rings. The molecule has 3 N–H and O–H groups in total. The van der Waals surface area contributed by atoms with E-state index < -0.39 is 0 Å². The minimum absolute atomic E-state index is 0. The monoisotopic (exact) mass is 391 g/mol. The van der Waals surface area contributed by atoms with Crippen molar-refractivity contribution in [3.8, 4) is 0 Å². The third-order valence-corrected chi connectivity index (χ3v) is 4.50. The second kappa shape index (κ2) is 12.5. The molecule has 144 valence electrons. The lowest BCUT2D eigenvalue weighted by Gasteiger charge is -2.40. The Hall–Kier alpha value is -0.850. The normalized spacial score (nSPS) is 16.9. The molecule has 1 amide bonds. The van der Waals surface area contributed by atoms with Gasteiger partial charge in [-0.1, -0.05) is 30.3 Å². The van der Waals surface area contributed by atoms with Gasteiger partial charge in [-0.2, -0.15) is 0 Å². The van der Waals surface area contributed by atoms with Crippen molar-refractivity contribution >= 4 is 30.7 Å². The molecule has 0 aromatic heterocycles. The van der Waals surface area contributed by atoms with Gasteiger partial charge < -0.3 is 20.7 Å². The van der Waals surface area contributed by atoms with Crippen LogP contribution in [0.1, 0.15) is 37.8 Å². The third-order valence-electron chi connectivity index (χ3n) is 4.50.